The minimum atomic E-state index is -0.276. The molecule has 0 aliphatic rings. The highest BCUT2D eigenvalue weighted by Gasteiger charge is 1.96. The number of aryl methyl sites for hydroxylation is 1. The summed E-state index contributed by atoms with van der Waals surface area (Å²) in [6.07, 6.45) is 3.22. The summed E-state index contributed by atoms with van der Waals surface area (Å²) in [6, 6.07) is 17.6. The van der Waals surface area contributed by atoms with E-state index in [1.54, 1.807) is 6.08 Å². The number of benzene rings is 2. The van der Waals surface area contributed by atoms with Crippen LogP contribution in [0.2, 0.25) is 0 Å². The molecule has 0 fully saturated rings. The first kappa shape index (κ1) is 14.0. The van der Waals surface area contributed by atoms with Gasteiger partial charge in [0.05, 0.1) is 6.61 Å². The maximum absolute atomic E-state index is 11.6. The molecule has 0 saturated carbocycles. The van der Waals surface area contributed by atoms with Crippen molar-refractivity contribution >= 4 is 12.0 Å². The van der Waals surface area contributed by atoms with Crippen molar-refractivity contribution in [1.29, 1.82) is 0 Å². The van der Waals surface area contributed by atoms with E-state index in [4.69, 9.17) is 4.84 Å². The van der Waals surface area contributed by atoms with Crippen LogP contribution in [-0.4, -0.2) is 5.91 Å². The topological polar surface area (TPSA) is 38.3 Å². The van der Waals surface area contributed by atoms with E-state index in [9.17, 15) is 4.79 Å². The smallest absolute Gasteiger partial charge is 0.267 e. The first-order valence-corrected chi connectivity index (χ1v) is 6.44. The lowest BCUT2D eigenvalue weighted by Crippen LogP contribution is -2.21. The van der Waals surface area contributed by atoms with Crippen molar-refractivity contribution in [3.05, 3.63) is 77.4 Å². The molecule has 0 bridgehead atoms. The van der Waals surface area contributed by atoms with Gasteiger partial charge in [0, 0.05) is 6.08 Å². The maximum Gasteiger partial charge on any atom is 0.267 e. The Morgan fingerprint density at radius 2 is 1.95 bits per heavy atom. The van der Waals surface area contributed by atoms with Crippen LogP contribution in [-0.2, 0) is 16.2 Å². The Hall–Kier alpha value is -2.39. The molecular formula is C17H17NO2. The molecule has 3 heteroatoms. The van der Waals surface area contributed by atoms with Crippen LogP contribution in [0.3, 0.4) is 0 Å². The summed E-state index contributed by atoms with van der Waals surface area (Å²) in [6.45, 7) is 2.37. The highest BCUT2D eigenvalue weighted by Crippen LogP contribution is 2.05. The molecule has 0 aliphatic carbocycles. The molecular weight excluding hydrogens is 250 g/mol. The summed E-state index contributed by atoms with van der Waals surface area (Å²) < 4.78 is 0. The van der Waals surface area contributed by atoms with E-state index >= 15 is 0 Å². The van der Waals surface area contributed by atoms with E-state index in [0.717, 1.165) is 16.7 Å². The quantitative estimate of drug-likeness (QED) is 0.667. The van der Waals surface area contributed by atoms with Gasteiger partial charge < -0.3 is 0 Å². The summed E-state index contributed by atoms with van der Waals surface area (Å²) in [5.41, 5.74) is 5.55. The standard InChI is InChI=1S/C17H17NO2/c1-14-6-5-9-15(12-14)10-11-17(19)18-20-13-16-7-3-2-4-8-16/h2-12H,13H2,1H3,(H,18,19)/b11-10+. The summed E-state index contributed by atoms with van der Waals surface area (Å²) in [4.78, 5) is 16.7. The van der Waals surface area contributed by atoms with Crippen LogP contribution in [0.5, 0.6) is 0 Å². The van der Waals surface area contributed by atoms with Crippen LogP contribution in [0, 0.1) is 6.92 Å². The largest absolute Gasteiger partial charge is 0.269 e. The van der Waals surface area contributed by atoms with E-state index in [1.807, 2.05) is 61.5 Å². The van der Waals surface area contributed by atoms with Crippen molar-refractivity contribution in [2.45, 2.75) is 13.5 Å². The lowest BCUT2D eigenvalue weighted by atomic mass is 10.1. The minimum absolute atomic E-state index is 0.276. The summed E-state index contributed by atoms with van der Waals surface area (Å²) >= 11 is 0. The number of amides is 1. The molecule has 0 spiro atoms. The second-order valence-electron chi connectivity index (χ2n) is 4.49. The predicted octanol–water partition coefficient (Wildman–Crippen LogP) is 3.26. The van der Waals surface area contributed by atoms with Gasteiger partial charge in [-0.1, -0.05) is 60.2 Å². The van der Waals surface area contributed by atoms with Gasteiger partial charge in [-0.25, -0.2) is 5.48 Å². The molecule has 1 N–H and O–H groups in total. The Balaban J connectivity index is 1.78. The van der Waals surface area contributed by atoms with Gasteiger partial charge in [-0.15, -0.1) is 0 Å². The fourth-order valence-electron chi connectivity index (χ4n) is 1.74. The third-order valence-electron chi connectivity index (χ3n) is 2.72. The number of hydrogen-bond donors (Lipinski definition) is 1. The first-order valence-electron chi connectivity index (χ1n) is 6.44. The van der Waals surface area contributed by atoms with Crippen LogP contribution >= 0.6 is 0 Å². The van der Waals surface area contributed by atoms with Crippen LogP contribution < -0.4 is 5.48 Å². The van der Waals surface area contributed by atoms with Gasteiger partial charge in [-0.05, 0) is 24.1 Å². The highest BCUT2D eigenvalue weighted by atomic mass is 16.6. The zero-order chi connectivity index (χ0) is 14.2. The first-order chi connectivity index (χ1) is 9.74. The van der Waals surface area contributed by atoms with Crippen LogP contribution in [0.4, 0.5) is 0 Å². The third-order valence-corrected chi connectivity index (χ3v) is 2.72. The van der Waals surface area contributed by atoms with Crippen molar-refractivity contribution in [2.75, 3.05) is 0 Å². The second kappa shape index (κ2) is 7.26. The van der Waals surface area contributed by atoms with E-state index in [1.165, 1.54) is 6.08 Å². The fraction of sp³-hybridized carbons (Fsp3) is 0.118. The van der Waals surface area contributed by atoms with Crippen molar-refractivity contribution in [2.24, 2.45) is 0 Å². The van der Waals surface area contributed by atoms with Crippen molar-refractivity contribution in [3.63, 3.8) is 0 Å². The normalized spacial score (nSPS) is 10.7. The number of carbonyl (C=O) groups excluding carboxylic acids is 1. The molecule has 2 rings (SSSR count). The van der Waals surface area contributed by atoms with E-state index < -0.39 is 0 Å². The average molecular weight is 267 g/mol. The molecule has 0 saturated heterocycles. The molecule has 0 heterocycles. The summed E-state index contributed by atoms with van der Waals surface area (Å²) in [5.74, 6) is -0.276. The molecule has 0 aliphatic heterocycles. The average Bonchev–Trinajstić information content (AvgIpc) is 2.46. The number of rotatable bonds is 5. The minimum Gasteiger partial charge on any atom is -0.269 e. The Bertz CT molecular complexity index is 591. The van der Waals surface area contributed by atoms with Gasteiger partial charge in [0.1, 0.15) is 0 Å². The van der Waals surface area contributed by atoms with E-state index in [2.05, 4.69) is 5.48 Å². The molecule has 0 atom stereocenters. The lowest BCUT2D eigenvalue weighted by Gasteiger charge is -2.03. The molecule has 1 amide bonds. The van der Waals surface area contributed by atoms with E-state index in [0.29, 0.717) is 6.61 Å². The van der Waals surface area contributed by atoms with Crippen molar-refractivity contribution in [3.8, 4) is 0 Å². The highest BCUT2D eigenvalue weighted by molar-refractivity contribution is 5.90. The van der Waals surface area contributed by atoms with Gasteiger partial charge in [0.25, 0.3) is 5.91 Å². The summed E-state index contributed by atoms with van der Waals surface area (Å²) in [5, 5.41) is 0. The molecule has 0 unspecified atom stereocenters. The van der Waals surface area contributed by atoms with Crippen LogP contribution in [0.15, 0.2) is 60.7 Å². The number of carbonyl (C=O) groups is 1. The van der Waals surface area contributed by atoms with Crippen LogP contribution in [0.1, 0.15) is 16.7 Å². The monoisotopic (exact) mass is 267 g/mol. The molecule has 102 valence electrons. The van der Waals surface area contributed by atoms with Crippen molar-refractivity contribution in [1.82, 2.24) is 5.48 Å². The predicted molar refractivity (Wildman–Crippen MR) is 79.6 cm³/mol. The molecule has 0 aromatic heterocycles. The molecule has 2 aromatic carbocycles. The molecule has 2 aromatic rings. The second-order valence-corrected chi connectivity index (χ2v) is 4.49. The van der Waals surface area contributed by atoms with Gasteiger partial charge in [-0.2, -0.15) is 0 Å². The Kier molecular flexibility index (Phi) is 5.09. The number of hydroxylamine groups is 1. The zero-order valence-electron chi connectivity index (χ0n) is 11.4. The van der Waals surface area contributed by atoms with E-state index in [-0.39, 0.29) is 5.91 Å². The SMILES string of the molecule is Cc1cccc(/C=C/C(=O)NOCc2ccccc2)c1. The number of nitrogens with one attached hydrogen (secondary N) is 1. The molecule has 3 nitrogen and oxygen atoms in total. The van der Waals surface area contributed by atoms with Gasteiger partial charge in [0.2, 0.25) is 0 Å². The summed E-state index contributed by atoms with van der Waals surface area (Å²) in [7, 11) is 0. The fourth-order valence-corrected chi connectivity index (χ4v) is 1.74. The maximum atomic E-state index is 11.6. The number of hydrogen-bond acceptors (Lipinski definition) is 2. The van der Waals surface area contributed by atoms with Gasteiger partial charge >= 0.3 is 0 Å². The molecule has 0 radical (unpaired) electrons. The Morgan fingerprint density at radius 1 is 1.15 bits per heavy atom. The van der Waals surface area contributed by atoms with Crippen molar-refractivity contribution < 1.29 is 9.63 Å². The van der Waals surface area contributed by atoms with Gasteiger partial charge in [0.15, 0.2) is 0 Å². The van der Waals surface area contributed by atoms with Crippen LogP contribution in [0.25, 0.3) is 6.08 Å². The third kappa shape index (κ3) is 4.71. The van der Waals surface area contributed by atoms with Gasteiger partial charge in [-0.3, -0.25) is 9.63 Å². The Labute approximate surface area is 118 Å². The zero-order valence-corrected chi connectivity index (χ0v) is 11.4. The molecule has 20 heavy (non-hydrogen) atoms. The Morgan fingerprint density at radius 3 is 2.70 bits per heavy atom. The lowest BCUT2D eigenvalue weighted by molar-refractivity contribution is -0.129.